The number of ketones is 2. The molecule has 0 fully saturated rings. The Morgan fingerprint density at radius 3 is 1.12 bits per heavy atom. The Bertz CT molecular complexity index is 3030. The van der Waals surface area contributed by atoms with Gasteiger partial charge >= 0.3 is 23.0 Å². The van der Waals surface area contributed by atoms with Gasteiger partial charge in [-0.25, -0.2) is 26.4 Å². The fourth-order valence-corrected chi connectivity index (χ4v) is 7.95. The zero-order chi connectivity index (χ0) is 60.1. The molecule has 78 heavy (non-hydrogen) atoms. The Morgan fingerprint density at radius 1 is 0.577 bits per heavy atom. The summed E-state index contributed by atoms with van der Waals surface area (Å²) >= 11 is 0. The molecular weight excluding hydrogens is 1070 g/mol. The second-order valence-electron chi connectivity index (χ2n) is 19.4. The van der Waals surface area contributed by atoms with Crippen LogP contribution in [0.2, 0.25) is 0 Å². The molecule has 24 heteroatoms. The third-order valence-electron chi connectivity index (χ3n) is 11.9. The van der Waals surface area contributed by atoms with E-state index in [-0.39, 0.29) is 33.5 Å². The topological polar surface area (TPSA) is 283 Å². The first-order valence-electron chi connectivity index (χ1n) is 23.2. The highest BCUT2D eigenvalue weighted by atomic mass is 32.2. The summed E-state index contributed by atoms with van der Waals surface area (Å²) in [5, 5.41) is 19.0. The SMILES string of the molecule is CC1=C(/C=C/C(C)=C/C=C/C(C)=C/C=C/C=C(C)/C=C/C=C(C)/C=C/C2=C(C)C(=O)C([n+]3cc(N)cc(C(=O)O)c3)CC2(C)C)C(C)(C)CC([n+]2cc(N)cc(C(=O)O)c2)C1=O.O=S(=O)([O-])C(F)(F)F.O=S(=O)([O-])C(F)(F)F. The number of carbonyl (C=O) groups is 4. The van der Waals surface area contributed by atoms with Crippen LogP contribution in [0.5, 0.6) is 0 Å². The number of anilines is 2. The lowest BCUT2D eigenvalue weighted by molar-refractivity contribution is -0.710. The van der Waals surface area contributed by atoms with Crippen molar-refractivity contribution < 1.29 is 90.8 Å². The van der Waals surface area contributed by atoms with Crippen LogP contribution in [0.4, 0.5) is 37.7 Å². The molecule has 2 aliphatic carbocycles. The number of hydrogen-bond donors (Lipinski definition) is 4. The number of nitrogens with zero attached hydrogens (tertiary/aromatic N) is 2. The molecule has 0 aliphatic heterocycles. The summed E-state index contributed by atoms with van der Waals surface area (Å²) in [5.41, 5.74) is 8.09. The Labute approximate surface area is 449 Å². The largest absolute Gasteiger partial charge is 0.741 e. The van der Waals surface area contributed by atoms with Crippen LogP contribution in [-0.4, -0.2) is 70.7 Å². The molecule has 2 aliphatic rings. The molecule has 16 nitrogen and oxygen atoms in total. The number of hydrogen-bond acceptors (Lipinski definition) is 12. The number of aromatic nitrogens is 2. The van der Waals surface area contributed by atoms with Gasteiger partial charge < -0.3 is 30.8 Å². The maximum absolute atomic E-state index is 13.5. The molecule has 0 bridgehead atoms. The number of Topliss-reactive ketones (excluding diaryl/α,β-unsaturated/α-hetero) is 2. The van der Waals surface area contributed by atoms with Gasteiger partial charge in [-0.3, -0.25) is 9.59 Å². The van der Waals surface area contributed by atoms with Gasteiger partial charge in [-0.1, -0.05) is 135 Å². The van der Waals surface area contributed by atoms with Crippen molar-refractivity contribution in [2.45, 2.75) is 105 Å². The molecule has 2 aromatic rings. The molecule has 0 radical (unpaired) electrons. The average molecular weight is 1140 g/mol. The molecule has 6 N–H and O–H groups in total. The van der Waals surface area contributed by atoms with Crippen LogP contribution < -0.4 is 20.6 Å². The van der Waals surface area contributed by atoms with Crippen LogP contribution in [0.25, 0.3) is 0 Å². The first-order valence-corrected chi connectivity index (χ1v) is 26.0. The third-order valence-corrected chi connectivity index (χ3v) is 13.0. The van der Waals surface area contributed by atoms with Crippen molar-refractivity contribution in [3.63, 3.8) is 0 Å². The van der Waals surface area contributed by atoms with Gasteiger partial charge in [0.1, 0.15) is 11.1 Å². The number of nitrogen functional groups attached to an aromatic ring is 2. The van der Waals surface area contributed by atoms with Crippen LogP contribution in [0.1, 0.15) is 115 Å². The number of alkyl halides is 6. The van der Waals surface area contributed by atoms with Crippen LogP contribution in [0.15, 0.2) is 167 Å². The summed E-state index contributed by atoms with van der Waals surface area (Å²) < 4.78 is 121. The number of carboxylic acid groups (broad SMARTS) is 2. The maximum atomic E-state index is 13.5. The molecule has 0 aromatic carbocycles. The standard InChI is InChI=1S/C52H60N4O6.2CHF3O3S/c1-33(17-13-19-35(3)21-23-43-37(5)47(57)45(27-51(43,7)8)55-29-39(49(59)60)25-41(53)31-55)15-11-12-16-34(2)18-14-20-36(4)22-24-44-38(6)48(58)46(28-52(44,9)10)56-30-40(50(61)62)26-42(54)32-56;2*2-1(3,4)8(5,6)7/h11-26,29-32,45-46H,27-28,53-54H2,1-10H3;2*(H,5,6,7)/b12-11+,17-13+,18-14+,23-21+,24-22+,33-15+,34-16+,35-19+,36-20+;;. The Morgan fingerprint density at radius 2 is 0.846 bits per heavy atom. The van der Waals surface area contributed by atoms with Gasteiger partial charge in [-0.05, 0) is 75.7 Å². The average Bonchev–Trinajstić information content (AvgIpc) is 3.28. The smallest absolute Gasteiger partial charge is 0.485 e. The first-order chi connectivity index (χ1) is 35.5. The summed E-state index contributed by atoms with van der Waals surface area (Å²) in [4.78, 5) is 50.2. The summed E-state index contributed by atoms with van der Waals surface area (Å²) in [6, 6.07) is 1.70. The minimum absolute atomic E-state index is 0.0441. The predicted molar refractivity (Wildman–Crippen MR) is 279 cm³/mol. The fourth-order valence-electron chi connectivity index (χ4n) is 7.95. The summed E-state index contributed by atoms with van der Waals surface area (Å²) in [7, 11) is -12.2. The van der Waals surface area contributed by atoms with Gasteiger partial charge in [-0.15, -0.1) is 0 Å². The number of aromatic carboxylic acids is 2. The van der Waals surface area contributed by atoms with Crippen molar-refractivity contribution in [3.8, 4) is 0 Å². The third kappa shape index (κ3) is 19.9. The van der Waals surface area contributed by atoms with E-state index in [1.807, 2.05) is 127 Å². The van der Waals surface area contributed by atoms with Crippen molar-refractivity contribution in [2.75, 3.05) is 11.5 Å². The van der Waals surface area contributed by atoms with Gasteiger partial charge in [0.05, 0.1) is 11.4 Å². The van der Waals surface area contributed by atoms with Crippen LogP contribution in [0, 0.1) is 10.8 Å². The number of halogens is 6. The van der Waals surface area contributed by atoms with Crippen molar-refractivity contribution in [1.82, 2.24) is 0 Å². The van der Waals surface area contributed by atoms with Crippen molar-refractivity contribution in [2.24, 2.45) is 10.8 Å². The molecule has 0 saturated carbocycles. The zero-order valence-electron chi connectivity index (χ0n) is 44.2. The molecule has 0 spiro atoms. The molecule has 2 unspecified atom stereocenters. The molecule has 2 heterocycles. The number of carbonyl (C=O) groups excluding carboxylic acids is 2. The van der Waals surface area contributed by atoms with E-state index in [0.29, 0.717) is 35.4 Å². The Balaban J connectivity index is 0.00000112. The quantitative estimate of drug-likeness (QED) is 0.0450. The fraction of sp³-hybridized carbons (Fsp3) is 0.333. The maximum Gasteiger partial charge on any atom is 0.485 e. The van der Waals surface area contributed by atoms with Crippen LogP contribution >= 0.6 is 0 Å². The summed E-state index contributed by atoms with van der Waals surface area (Å²) in [6.45, 7) is 20.1. The van der Waals surface area contributed by atoms with E-state index in [4.69, 9.17) is 37.4 Å². The second-order valence-corrected chi connectivity index (χ2v) is 22.2. The molecular formula is C54H62F6N4O12S2. The highest BCUT2D eigenvalue weighted by molar-refractivity contribution is 7.86. The number of nitrogens with two attached hydrogens (primary N) is 2. The lowest BCUT2D eigenvalue weighted by Crippen LogP contribution is -2.49. The Kier molecular flexibility index (Phi) is 23.0. The van der Waals surface area contributed by atoms with E-state index >= 15 is 0 Å². The summed E-state index contributed by atoms with van der Waals surface area (Å²) in [5.74, 6) is -2.29. The molecule has 424 valence electrons. The van der Waals surface area contributed by atoms with Crippen LogP contribution in [0.3, 0.4) is 0 Å². The summed E-state index contributed by atoms with van der Waals surface area (Å²) in [6.07, 6.45) is 35.4. The highest BCUT2D eigenvalue weighted by Crippen LogP contribution is 2.44. The van der Waals surface area contributed by atoms with E-state index in [1.54, 1.807) is 21.5 Å². The van der Waals surface area contributed by atoms with Gasteiger partial charge in [-0.2, -0.15) is 35.5 Å². The molecule has 0 saturated heterocycles. The number of rotatable bonds is 14. The second kappa shape index (κ2) is 26.9. The van der Waals surface area contributed by atoms with Crippen molar-refractivity contribution in [1.29, 1.82) is 0 Å². The van der Waals surface area contributed by atoms with Gasteiger partial charge in [0.2, 0.25) is 23.7 Å². The number of pyridine rings is 2. The van der Waals surface area contributed by atoms with Gasteiger partial charge in [0, 0.05) is 24.0 Å². The molecule has 4 rings (SSSR count). The predicted octanol–water partition coefficient (Wildman–Crippen LogP) is 9.90. The van der Waals surface area contributed by atoms with E-state index in [9.17, 15) is 55.7 Å². The normalized spacial score (nSPS) is 19.3. The van der Waals surface area contributed by atoms with Crippen LogP contribution in [-0.2, 0) is 29.8 Å². The Hall–Kier alpha value is -7.28. The lowest BCUT2D eigenvalue weighted by atomic mass is 9.70. The van der Waals surface area contributed by atoms with Crippen molar-refractivity contribution in [3.05, 3.63) is 178 Å². The number of carboxylic acids is 2. The lowest BCUT2D eigenvalue weighted by Gasteiger charge is -2.34. The minimum atomic E-state index is -6.09. The molecule has 2 atom stereocenters. The monoisotopic (exact) mass is 1140 g/mol. The molecule has 2 aromatic heterocycles. The molecule has 0 amide bonds. The van der Waals surface area contributed by atoms with Gasteiger partial charge in [0.15, 0.2) is 45.0 Å². The zero-order valence-corrected chi connectivity index (χ0v) is 45.9. The van der Waals surface area contributed by atoms with E-state index < -0.39 is 55.3 Å². The van der Waals surface area contributed by atoms with Crippen molar-refractivity contribution >= 4 is 55.1 Å². The van der Waals surface area contributed by atoms with E-state index in [2.05, 4.69) is 27.7 Å². The first kappa shape index (κ1) is 66.8. The van der Waals surface area contributed by atoms with Gasteiger partial charge in [0.25, 0.3) is 0 Å². The van der Waals surface area contributed by atoms with E-state index in [1.165, 1.54) is 24.5 Å². The number of allylic oxidation sites excluding steroid dienone is 22. The van der Waals surface area contributed by atoms with E-state index in [0.717, 1.165) is 33.4 Å². The highest BCUT2D eigenvalue weighted by Gasteiger charge is 2.45. The minimum Gasteiger partial charge on any atom is -0.741 e.